The van der Waals surface area contributed by atoms with Crippen LogP contribution in [0.25, 0.3) is 11.0 Å². The van der Waals surface area contributed by atoms with Crippen molar-refractivity contribution in [1.82, 2.24) is 9.55 Å². The van der Waals surface area contributed by atoms with Gasteiger partial charge in [0.15, 0.2) is 0 Å². The number of fused-ring (bicyclic) bond motifs is 1. The summed E-state index contributed by atoms with van der Waals surface area (Å²) in [6, 6.07) is 14.9. The predicted octanol–water partition coefficient (Wildman–Crippen LogP) is 2.87. The van der Waals surface area contributed by atoms with Gasteiger partial charge in [0, 0.05) is 6.54 Å². The first-order chi connectivity index (χ1) is 13.1. The Kier molecular flexibility index (Phi) is 5.93. The van der Waals surface area contributed by atoms with E-state index >= 15 is 0 Å². The molecular weight excluding hydrogens is 344 g/mol. The summed E-state index contributed by atoms with van der Waals surface area (Å²) in [6.07, 6.45) is -0.523. The number of ether oxygens (including phenoxy) is 1. The molecule has 3 aromatic rings. The zero-order valence-electron chi connectivity index (χ0n) is 15.5. The average Bonchev–Trinajstić information content (AvgIpc) is 2.99. The summed E-state index contributed by atoms with van der Waals surface area (Å²) >= 11 is 0. The second-order valence-electron chi connectivity index (χ2n) is 6.22. The molecule has 0 aliphatic heterocycles. The van der Waals surface area contributed by atoms with E-state index in [-0.39, 0.29) is 12.5 Å². The maximum absolute atomic E-state index is 12.7. The van der Waals surface area contributed by atoms with Gasteiger partial charge in [0.05, 0.1) is 29.4 Å². The van der Waals surface area contributed by atoms with Crippen LogP contribution in [0.4, 0.5) is 11.6 Å². The Balaban J connectivity index is 1.83. The number of rotatable bonds is 8. The van der Waals surface area contributed by atoms with Gasteiger partial charge in [-0.1, -0.05) is 24.3 Å². The van der Waals surface area contributed by atoms with Gasteiger partial charge in [0.2, 0.25) is 11.9 Å². The standard InChI is InChI=1S/C20H24N4O3/c1-3-27-18-11-7-5-9-16(18)22-19(26)13-24-17-10-6-4-8-15(17)23-20(24)21-12-14(2)25/h4-11,14,25H,3,12-13H2,1-2H3,(H,21,23)(H,22,26). The molecule has 1 aromatic heterocycles. The number of carbonyl (C=O) groups excluding carboxylic acids is 1. The largest absolute Gasteiger partial charge is 0.492 e. The summed E-state index contributed by atoms with van der Waals surface area (Å²) in [6.45, 7) is 4.54. The van der Waals surface area contributed by atoms with Crippen LogP contribution < -0.4 is 15.4 Å². The van der Waals surface area contributed by atoms with E-state index in [4.69, 9.17) is 4.74 Å². The maximum Gasteiger partial charge on any atom is 0.244 e. The number of carbonyl (C=O) groups is 1. The first-order valence-corrected chi connectivity index (χ1v) is 8.97. The minimum atomic E-state index is -0.523. The normalized spacial score (nSPS) is 12.0. The fourth-order valence-electron chi connectivity index (χ4n) is 2.79. The Bertz CT molecular complexity index is 920. The minimum absolute atomic E-state index is 0.0864. The molecule has 0 radical (unpaired) electrons. The number of hydrogen-bond acceptors (Lipinski definition) is 5. The highest BCUT2D eigenvalue weighted by Gasteiger charge is 2.15. The molecule has 7 heteroatoms. The average molecular weight is 368 g/mol. The zero-order valence-corrected chi connectivity index (χ0v) is 15.5. The van der Waals surface area contributed by atoms with Crippen LogP contribution in [0.1, 0.15) is 13.8 Å². The number of amides is 1. The van der Waals surface area contributed by atoms with Crippen molar-refractivity contribution in [3.8, 4) is 5.75 Å². The molecule has 3 rings (SSSR count). The number of hydrogen-bond donors (Lipinski definition) is 3. The van der Waals surface area contributed by atoms with Gasteiger partial charge in [-0.25, -0.2) is 4.98 Å². The third kappa shape index (κ3) is 4.57. The highest BCUT2D eigenvalue weighted by molar-refractivity contribution is 5.93. The van der Waals surface area contributed by atoms with Gasteiger partial charge < -0.3 is 25.0 Å². The van der Waals surface area contributed by atoms with Crippen LogP contribution in [0.5, 0.6) is 5.75 Å². The van der Waals surface area contributed by atoms with Crippen LogP contribution >= 0.6 is 0 Å². The number of benzene rings is 2. The molecular formula is C20H24N4O3. The number of aliphatic hydroxyl groups is 1. The Morgan fingerprint density at radius 1 is 1.22 bits per heavy atom. The fourth-order valence-corrected chi connectivity index (χ4v) is 2.79. The molecule has 3 N–H and O–H groups in total. The molecule has 1 atom stereocenters. The van der Waals surface area contributed by atoms with E-state index in [1.807, 2.05) is 55.5 Å². The molecule has 142 valence electrons. The summed E-state index contributed by atoms with van der Waals surface area (Å²) < 4.78 is 7.36. The number of aromatic nitrogens is 2. The van der Waals surface area contributed by atoms with Crippen molar-refractivity contribution in [2.45, 2.75) is 26.5 Å². The SMILES string of the molecule is CCOc1ccccc1NC(=O)Cn1c(NCC(C)O)nc2ccccc21. The molecule has 0 bridgehead atoms. The Morgan fingerprint density at radius 2 is 1.96 bits per heavy atom. The van der Waals surface area contributed by atoms with Gasteiger partial charge in [0.25, 0.3) is 0 Å². The quantitative estimate of drug-likeness (QED) is 0.569. The lowest BCUT2D eigenvalue weighted by Gasteiger charge is -2.14. The lowest BCUT2D eigenvalue weighted by atomic mass is 10.3. The summed E-state index contributed by atoms with van der Waals surface area (Å²) in [7, 11) is 0. The van der Waals surface area contributed by atoms with Crippen LogP contribution in [-0.2, 0) is 11.3 Å². The number of aliphatic hydroxyl groups excluding tert-OH is 1. The molecule has 1 unspecified atom stereocenters. The van der Waals surface area contributed by atoms with Gasteiger partial charge in [0.1, 0.15) is 12.3 Å². The second kappa shape index (κ2) is 8.55. The van der Waals surface area contributed by atoms with Crippen LogP contribution in [0.2, 0.25) is 0 Å². The van der Waals surface area contributed by atoms with E-state index in [1.165, 1.54) is 0 Å². The van der Waals surface area contributed by atoms with E-state index < -0.39 is 6.10 Å². The summed E-state index contributed by atoms with van der Waals surface area (Å²) in [5.41, 5.74) is 2.26. The highest BCUT2D eigenvalue weighted by Crippen LogP contribution is 2.24. The van der Waals surface area contributed by atoms with Crippen molar-refractivity contribution in [3.05, 3.63) is 48.5 Å². The molecule has 0 saturated heterocycles. The maximum atomic E-state index is 12.7. The molecule has 2 aromatic carbocycles. The predicted molar refractivity (Wildman–Crippen MR) is 106 cm³/mol. The molecule has 0 saturated carbocycles. The lowest BCUT2D eigenvalue weighted by Crippen LogP contribution is -2.22. The summed E-state index contributed by atoms with van der Waals surface area (Å²) in [5.74, 6) is 0.993. The van der Waals surface area contributed by atoms with E-state index in [0.717, 1.165) is 11.0 Å². The molecule has 0 aliphatic carbocycles. The van der Waals surface area contributed by atoms with Crippen molar-refractivity contribution < 1.29 is 14.6 Å². The van der Waals surface area contributed by atoms with Gasteiger partial charge in [-0.05, 0) is 38.1 Å². The lowest BCUT2D eigenvalue weighted by molar-refractivity contribution is -0.116. The second-order valence-corrected chi connectivity index (χ2v) is 6.22. The summed E-state index contributed by atoms with van der Waals surface area (Å²) in [5, 5.41) is 15.5. The zero-order chi connectivity index (χ0) is 19.2. The smallest absolute Gasteiger partial charge is 0.244 e. The topological polar surface area (TPSA) is 88.4 Å². The number of nitrogens with zero attached hydrogens (tertiary/aromatic N) is 2. The minimum Gasteiger partial charge on any atom is -0.492 e. The van der Waals surface area contributed by atoms with Crippen molar-refractivity contribution >= 4 is 28.6 Å². The van der Waals surface area contributed by atoms with Gasteiger partial charge in [-0.2, -0.15) is 0 Å². The molecule has 7 nitrogen and oxygen atoms in total. The van der Waals surface area contributed by atoms with Crippen LogP contribution in [0.15, 0.2) is 48.5 Å². The van der Waals surface area contributed by atoms with E-state index in [2.05, 4.69) is 15.6 Å². The monoisotopic (exact) mass is 368 g/mol. The van der Waals surface area contributed by atoms with Gasteiger partial charge >= 0.3 is 0 Å². The molecule has 0 spiro atoms. The molecule has 1 amide bonds. The molecule has 1 heterocycles. The Hall–Kier alpha value is -3.06. The fraction of sp³-hybridized carbons (Fsp3) is 0.300. The number of anilines is 2. The van der Waals surface area contributed by atoms with Crippen molar-refractivity contribution in [1.29, 1.82) is 0 Å². The van der Waals surface area contributed by atoms with Gasteiger partial charge in [-0.15, -0.1) is 0 Å². The van der Waals surface area contributed by atoms with E-state index in [0.29, 0.717) is 30.5 Å². The molecule has 27 heavy (non-hydrogen) atoms. The van der Waals surface area contributed by atoms with Crippen LogP contribution in [-0.4, -0.2) is 39.8 Å². The Labute approximate surface area is 158 Å². The first-order valence-electron chi connectivity index (χ1n) is 8.97. The van der Waals surface area contributed by atoms with Crippen molar-refractivity contribution in [2.75, 3.05) is 23.8 Å². The van der Waals surface area contributed by atoms with Crippen LogP contribution in [0, 0.1) is 0 Å². The number of imidazole rings is 1. The third-order valence-electron chi connectivity index (χ3n) is 3.97. The highest BCUT2D eigenvalue weighted by atomic mass is 16.5. The molecule has 0 aliphatic rings. The summed E-state index contributed by atoms with van der Waals surface area (Å²) in [4.78, 5) is 17.2. The third-order valence-corrected chi connectivity index (χ3v) is 3.97. The van der Waals surface area contributed by atoms with Crippen LogP contribution in [0.3, 0.4) is 0 Å². The van der Waals surface area contributed by atoms with Crippen molar-refractivity contribution in [3.63, 3.8) is 0 Å². The Morgan fingerprint density at radius 3 is 2.74 bits per heavy atom. The van der Waals surface area contributed by atoms with E-state index in [1.54, 1.807) is 11.5 Å². The van der Waals surface area contributed by atoms with Crippen molar-refractivity contribution in [2.24, 2.45) is 0 Å². The first kappa shape index (κ1) is 18.7. The van der Waals surface area contributed by atoms with Gasteiger partial charge in [-0.3, -0.25) is 4.79 Å². The van der Waals surface area contributed by atoms with E-state index in [9.17, 15) is 9.90 Å². The molecule has 0 fully saturated rings. The number of nitrogens with one attached hydrogen (secondary N) is 2. The number of para-hydroxylation sites is 4.